The molecule has 0 aliphatic heterocycles. The molecular weight excluding hydrogens is 396 g/mol. The van der Waals surface area contributed by atoms with Crippen LogP contribution in [0.4, 0.5) is 5.69 Å². The van der Waals surface area contributed by atoms with Crippen LogP contribution in [-0.2, 0) is 21.2 Å². The predicted octanol–water partition coefficient (Wildman–Crippen LogP) is 3.94. The van der Waals surface area contributed by atoms with Crippen molar-refractivity contribution in [3.05, 3.63) is 64.7 Å². The molecule has 0 aromatic heterocycles. The number of amides is 1. The molecule has 0 aliphatic carbocycles. The normalized spacial score (nSPS) is 12.4. The molecule has 7 heteroatoms. The topological polar surface area (TPSA) is 66.5 Å². The standard InChI is InChI=1S/C21H27ClN2O3S/c1-4-20(21(25)23-14-8-11-17-9-6-5-7-10-17)24(28(3,26)27)18-13-12-16(2)19(22)15-18/h5-7,9-10,12-13,15,20H,4,8,11,14H2,1-3H3,(H,23,25)/t20-/m1/s1. The molecule has 0 fully saturated rings. The van der Waals surface area contributed by atoms with Gasteiger partial charge in [-0.1, -0.05) is 54.9 Å². The van der Waals surface area contributed by atoms with E-state index >= 15 is 0 Å². The summed E-state index contributed by atoms with van der Waals surface area (Å²) >= 11 is 6.17. The van der Waals surface area contributed by atoms with E-state index in [2.05, 4.69) is 5.32 Å². The summed E-state index contributed by atoms with van der Waals surface area (Å²) in [5.41, 5.74) is 2.44. The second-order valence-corrected chi connectivity index (χ2v) is 9.06. The summed E-state index contributed by atoms with van der Waals surface area (Å²) in [4.78, 5) is 12.7. The lowest BCUT2D eigenvalue weighted by atomic mass is 10.1. The van der Waals surface area contributed by atoms with Crippen molar-refractivity contribution >= 4 is 33.2 Å². The quantitative estimate of drug-likeness (QED) is 0.622. The van der Waals surface area contributed by atoms with Crippen LogP contribution in [0.3, 0.4) is 0 Å². The van der Waals surface area contributed by atoms with E-state index in [1.807, 2.05) is 37.3 Å². The molecule has 0 radical (unpaired) electrons. The van der Waals surface area contributed by atoms with Gasteiger partial charge in [-0.15, -0.1) is 0 Å². The van der Waals surface area contributed by atoms with Gasteiger partial charge in [-0.2, -0.15) is 0 Å². The van der Waals surface area contributed by atoms with Gasteiger partial charge in [0.1, 0.15) is 6.04 Å². The van der Waals surface area contributed by atoms with Crippen LogP contribution in [0.25, 0.3) is 0 Å². The summed E-state index contributed by atoms with van der Waals surface area (Å²) in [7, 11) is -3.66. The van der Waals surface area contributed by atoms with Crippen molar-refractivity contribution in [1.82, 2.24) is 5.32 Å². The molecule has 1 N–H and O–H groups in total. The van der Waals surface area contributed by atoms with Gasteiger partial charge in [-0.05, 0) is 49.4 Å². The number of nitrogens with zero attached hydrogens (tertiary/aromatic N) is 1. The highest BCUT2D eigenvalue weighted by molar-refractivity contribution is 7.92. The Morgan fingerprint density at radius 1 is 1.18 bits per heavy atom. The van der Waals surface area contributed by atoms with Crippen molar-refractivity contribution in [1.29, 1.82) is 0 Å². The number of aryl methyl sites for hydroxylation is 2. The van der Waals surface area contributed by atoms with Crippen molar-refractivity contribution in [2.24, 2.45) is 0 Å². The van der Waals surface area contributed by atoms with Gasteiger partial charge >= 0.3 is 0 Å². The van der Waals surface area contributed by atoms with Gasteiger partial charge in [0.25, 0.3) is 0 Å². The van der Waals surface area contributed by atoms with E-state index < -0.39 is 16.1 Å². The first-order chi connectivity index (χ1) is 13.2. The first-order valence-electron chi connectivity index (χ1n) is 9.31. The fourth-order valence-electron chi connectivity index (χ4n) is 3.05. The van der Waals surface area contributed by atoms with Crippen molar-refractivity contribution in [3.63, 3.8) is 0 Å². The zero-order valence-electron chi connectivity index (χ0n) is 16.5. The van der Waals surface area contributed by atoms with Gasteiger partial charge in [0.2, 0.25) is 15.9 Å². The van der Waals surface area contributed by atoms with Crippen molar-refractivity contribution in [3.8, 4) is 0 Å². The third-order valence-electron chi connectivity index (χ3n) is 4.52. The maximum atomic E-state index is 12.7. The molecule has 2 aromatic carbocycles. The van der Waals surface area contributed by atoms with Crippen molar-refractivity contribution in [2.75, 3.05) is 17.1 Å². The number of halogens is 1. The molecule has 1 amide bonds. The molecule has 0 unspecified atom stereocenters. The number of carbonyl (C=O) groups is 1. The smallest absolute Gasteiger partial charge is 0.243 e. The Hall–Kier alpha value is -2.05. The lowest BCUT2D eigenvalue weighted by Gasteiger charge is -2.30. The second-order valence-electron chi connectivity index (χ2n) is 6.80. The fourth-order valence-corrected chi connectivity index (χ4v) is 4.42. The lowest BCUT2D eigenvalue weighted by Crippen LogP contribution is -2.49. The first kappa shape index (κ1) is 22.2. The molecule has 0 heterocycles. The van der Waals surface area contributed by atoms with E-state index in [1.54, 1.807) is 25.1 Å². The Kier molecular flexibility index (Phi) is 7.89. The Balaban J connectivity index is 2.09. The molecule has 0 aliphatic rings. The number of carbonyl (C=O) groups excluding carboxylic acids is 1. The number of hydrogen-bond donors (Lipinski definition) is 1. The van der Waals surface area contributed by atoms with Gasteiger partial charge in [0.15, 0.2) is 0 Å². The van der Waals surface area contributed by atoms with Crippen LogP contribution < -0.4 is 9.62 Å². The Bertz CT molecular complexity index is 901. The minimum absolute atomic E-state index is 0.308. The largest absolute Gasteiger partial charge is 0.354 e. The summed E-state index contributed by atoms with van der Waals surface area (Å²) in [6.45, 7) is 4.12. The van der Waals surface area contributed by atoms with E-state index in [0.29, 0.717) is 23.7 Å². The van der Waals surface area contributed by atoms with Gasteiger partial charge < -0.3 is 5.32 Å². The number of sulfonamides is 1. The summed E-state index contributed by atoms with van der Waals surface area (Å²) in [6, 6.07) is 14.2. The molecule has 0 spiro atoms. The van der Waals surface area contributed by atoms with Crippen LogP contribution in [0.2, 0.25) is 5.02 Å². The Morgan fingerprint density at radius 2 is 1.86 bits per heavy atom. The summed E-state index contributed by atoms with van der Waals surface area (Å²) in [5.74, 6) is -0.308. The molecule has 152 valence electrons. The molecule has 5 nitrogen and oxygen atoms in total. The molecule has 1 atom stereocenters. The van der Waals surface area contributed by atoms with E-state index in [4.69, 9.17) is 11.6 Å². The van der Waals surface area contributed by atoms with Crippen LogP contribution in [-0.4, -0.2) is 33.2 Å². The van der Waals surface area contributed by atoms with Gasteiger partial charge in [0.05, 0.1) is 11.9 Å². The van der Waals surface area contributed by atoms with E-state index in [9.17, 15) is 13.2 Å². The number of nitrogens with one attached hydrogen (secondary N) is 1. The lowest BCUT2D eigenvalue weighted by molar-refractivity contribution is -0.122. The van der Waals surface area contributed by atoms with Crippen molar-refractivity contribution in [2.45, 2.75) is 39.2 Å². The summed E-state index contributed by atoms with van der Waals surface area (Å²) < 4.78 is 26.1. The average Bonchev–Trinajstić information content (AvgIpc) is 2.65. The van der Waals surface area contributed by atoms with E-state index in [-0.39, 0.29) is 5.91 Å². The van der Waals surface area contributed by atoms with Crippen LogP contribution in [0.5, 0.6) is 0 Å². The maximum absolute atomic E-state index is 12.7. The number of anilines is 1. The maximum Gasteiger partial charge on any atom is 0.243 e. The van der Waals surface area contributed by atoms with Crippen molar-refractivity contribution < 1.29 is 13.2 Å². The minimum atomic E-state index is -3.66. The third kappa shape index (κ3) is 5.97. The van der Waals surface area contributed by atoms with Gasteiger partial charge in [0, 0.05) is 11.6 Å². The highest BCUT2D eigenvalue weighted by atomic mass is 35.5. The minimum Gasteiger partial charge on any atom is -0.354 e. The van der Waals surface area contributed by atoms with E-state index in [1.165, 1.54) is 5.56 Å². The monoisotopic (exact) mass is 422 g/mol. The Morgan fingerprint density at radius 3 is 2.43 bits per heavy atom. The highest BCUT2D eigenvalue weighted by Gasteiger charge is 2.31. The van der Waals surface area contributed by atoms with Crippen LogP contribution in [0.1, 0.15) is 30.9 Å². The zero-order chi connectivity index (χ0) is 20.7. The second kappa shape index (κ2) is 9.94. The summed E-state index contributed by atoms with van der Waals surface area (Å²) in [6.07, 6.45) is 3.08. The third-order valence-corrected chi connectivity index (χ3v) is 6.11. The average molecular weight is 423 g/mol. The molecule has 2 aromatic rings. The van der Waals surface area contributed by atoms with Gasteiger partial charge in [-0.25, -0.2) is 8.42 Å². The first-order valence-corrected chi connectivity index (χ1v) is 11.5. The van der Waals surface area contributed by atoms with E-state index in [0.717, 1.165) is 29.0 Å². The number of benzene rings is 2. The molecular formula is C21H27ClN2O3S. The number of hydrogen-bond acceptors (Lipinski definition) is 3. The molecule has 2 rings (SSSR count). The zero-order valence-corrected chi connectivity index (χ0v) is 18.1. The van der Waals surface area contributed by atoms with Crippen LogP contribution >= 0.6 is 11.6 Å². The predicted molar refractivity (Wildman–Crippen MR) is 115 cm³/mol. The summed E-state index contributed by atoms with van der Waals surface area (Å²) in [5, 5.41) is 3.34. The SMILES string of the molecule is CC[C@H](C(=O)NCCCc1ccccc1)N(c1ccc(C)c(Cl)c1)S(C)(=O)=O. The molecule has 0 saturated carbocycles. The number of rotatable bonds is 9. The molecule has 0 saturated heterocycles. The molecule has 28 heavy (non-hydrogen) atoms. The highest BCUT2D eigenvalue weighted by Crippen LogP contribution is 2.27. The Labute approximate surface area is 172 Å². The van der Waals surface area contributed by atoms with Gasteiger partial charge in [-0.3, -0.25) is 9.10 Å². The fraction of sp³-hybridized carbons (Fsp3) is 0.381. The molecule has 0 bridgehead atoms. The van der Waals surface area contributed by atoms with Crippen LogP contribution in [0.15, 0.2) is 48.5 Å². The van der Waals surface area contributed by atoms with Crippen LogP contribution in [0, 0.1) is 6.92 Å².